The maximum absolute atomic E-state index is 13.4. The fourth-order valence-corrected chi connectivity index (χ4v) is 5.48. The number of aliphatic hydroxyl groups excluding tert-OH is 1. The van der Waals surface area contributed by atoms with Gasteiger partial charge in [0.25, 0.3) is 11.7 Å². The number of ketones is 1. The van der Waals surface area contributed by atoms with Crippen LogP contribution in [0, 0.1) is 0 Å². The molecule has 0 aliphatic carbocycles. The number of likely N-dealkylation sites (tertiary alicyclic amines) is 1. The van der Waals surface area contributed by atoms with Crippen LogP contribution >= 0.6 is 15.9 Å². The van der Waals surface area contributed by atoms with E-state index in [4.69, 9.17) is 14.2 Å². The van der Waals surface area contributed by atoms with Gasteiger partial charge in [-0.1, -0.05) is 64.5 Å². The highest BCUT2D eigenvalue weighted by molar-refractivity contribution is 9.10. The monoisotopic (exact) mass is 620 g/mol. The summed E-state index contributed by atoms with van der Waals surface area (Å²) < 4.78 is 18.0. The standard InChI is InChI=1S/C32H33BrN2O6/c1-39-27-20-24(10-13-26(27)41-21-22-6-3-2-4-7-22)29-28(30(36)23-8-11-25(33)12-9-23)31(37)32(38)35(29)15-5-14-34-16-18-40-19-17-34/h2-4,6-13,20,29,36H,5,14-19,21H2,1H3. The van der Waals surface area contributed by atoms with E-state index in [9.17, 15) is 14.7 Å². The van der Waals surface area contributed by atoms with Crippen molar-refractivity contribution < 1.29 is 28.9 Å². The Bertz CT molecular complexity index is 1400. The number of ether oxygens (including phenoxy) is 3. The Morgan fingerprint density at radius 1 is 0.976 bits per heavy atom. The van der Waals surface area contributed by atoms with Gasteiger partial charge in [-0.25, -0.2) is 0 Å². The minimum Gasteiger partial charge on any atom is -0.507 e. The molecule has 1 atom stereocenters. The molecule has 214 valence electrons. The van der Waals surface area contributed by atoms with Crippen LogP contribution in [0.2, 0.25) is 0 Å². The van der Waals surface area contributed by atoms with Crippen LogP contribution in [0.25, 0.3) is 5.76 Å². The number of halogens is 1. The Morgan fingerprint density at radius 3 is 2.41 bits per heavy atom. The fourth-order valence-electron chi connectivity index (χ4n) is 5.22. The molecule has 41 heavy (non-hydrogen) atoms. The van der Waals surface area contributed by atoms with Gasteiger partial charge in [0.05, 0.1) is 31.9 Å². The lowest BCUT2D eigenvalue weighted by atomic mass is 9.95. The van der Waals surface area contributed by atoms with Crippen molar-refractivity contribution in [2.75, 3.05) is 46.5 Å². The van der Waals surface area contributed by atoms with Crippen LogP contribution in [0.5, 0.6) is 11.5 Å². The third-order valence-electron chi connectivity index (χ3n) is 7.38. The summed E-state index contributed by atoms with van der Waals surface area (Å²) in [5.41, 5.74) is 2.18. The van der Waals surface area contributed by atoms with Gasteiger partial charge in [0.2, 0.25) is 0 Å². The van der Waals surface area contributed by atoms with Gasteiger partial charge in [-0.05, 0) is 41.8 Å². The number of amides is 1. The molecule has 9 heteroatoms. The average molecular weight is 622 g/mol. The zero-order valence-electron chi connectivity index (χ0n) is 22.9. The van der Waals surface area contributed by atoms with Gasteiger partial charge in [-0.2, -0.15) is 0 Å². The van der Waals surface area contributed by atoms with Crippen LogP contribution in [0.3, 0.4) is 0 Å². The first-order valence-corrected chi connectivity index (χ1v) is 14.4. The first kappa shape index (κ1) is 28.9. The summed E-state index contributed by atoms with van der Waals surface area (Å²) in [6.45, 7) is 4.56. The van der Waals surface area contributed by atoms with Crippen LogP contribution in [-0.2, 0) is 20.9 Å². The Morgan fingerprint density at radius 2 is 1.71 bits per heavy atom. The van der Waals surface area contributed by atoms with Crippen LogP contribution in [-0.4, -0.2) is 73.1 Å². The Hall–Kier alpha value is -3.66. The molecule has 1 unspecified atom stereocenters. The summed E-state index contributed by atoms with van der Waals surface area (Å²) in [6, 6.07) is 21.4. The van der Waals surface area contributed by atoms with Crippen LogP contribution in [0.4, 0.5) is 0 Å². The van der Waals surface area contributed by atoms with Gasteiger partial charge in [0, 0.05) is 36.2 Å². The summed E-state index contributed by atoms with van der Waals surface area (Å²) >= 11 is 3.40. The highest BCUT2D eigenvalue weighted by atomic mass is 79.9. The molecule has 1 amide bonds. The van der Waals surface area contributed by atoms with E-state index in [1.165, 1.54) is 0 Å². The third kappa shape index (κ3) is 6.64. The molecule has 0 aromatic heterocycles. The SMILES string of the molecule is COc1cc(C2C(=C(O)c3ccc(Br)cc3)C(=O)C(=O)N2CCCN2CCOCC2)ccc1OCc1ccccc1. The number of aliphatic hydroxyl groups is 1. The Labute approximate surface area is 248 Å². The lowest BCUT2D eigenvalue weighted by Gasteiger charge is -2.29. The summed E-state index contributed by atoms with van der Waals surface area (Å²) in [5, 5.41) is 11.4. The lowest BCUT2D eigenvalue weighted by Crippen LogP contribution is -2.39. The van der Waals surface area contributed by atoms with Crippen molar-refractivity contribution in [3.63, 3.8) is 0 Å². The summed E-state index contributed by atoms with van der Waals surface area (Å²) in [6.07, 6.45) is 0.678. The summed E-state index contributed by atoms with van der Waals surface area (Å²) in [4.78, 5) is 30.7. The molecule has 2 saturated heterocycles. The fraction of sp³-hybridized carbons (Fsp3) is 0.312. The number of benzene rings is 3. The molecular weight excluding hydrogens is 588 g/mol. The number of morpholine rings is 1. The number of carbonyl (C=O) groups excluding carboxylic acids is 2. The van der Waals surface area contributed by atoms with E-state index >= 15 is 0 Å². The Kier molecular flexibility index (Phi) is 9.38. The molecule has 3 aromatic carbocycles. The van der Waals surface area contributed by atoms with Crippen molar-refractivity contribution in [2.24, 2.45) is 0 Å². The number of hydrogen-bond donors (Lipinski definition) is 1. The van der Waals surface area contributed by atoms with Gasteiger partial charge < -0.3 is 24.2 Å². The van der Waals surface area contributed by atoms with E-state index < -0.39 is 17.7 Å². The average Bonchev–Trinajstić information content (AvgIpc) is 3.26. The number of rotatable bonds is 10. The first-order valence-electron chi connectivity index (χ1n) is 13.7. The van der Waals surface area contributed by atoms with Crippen molar-refractivity contribution in [1.82, 2.24) is 9.80 Å². The topological polar surface area (TPSA) is 88.5 Å². The maximum Gasteiger partial charge on any atom is 0.295 e. The van der Waals surface area contributed by atoms with Crippen molar-refractivity contribution in [3.8, 4) is 11.5 Å². The third-order valence-corrected chi connectivity index (χ3v) is 7.90. The maximum atomic E-state index is 13.4. The van der Waals surface area contributed by atoms with Crippen LogP contribution < -0.4 is 9.47 Å². The zero-order valence-corrected chi connectivity index (χ0v) is 24.5. The smallest absolute Gasteiger partial charge is 0.295 e. The van der Waals surface area contributed by atoms with Crippen molar-refractivity contribution in [1.29, 1.82) is 0 Å². The quantitative estimate of drug-likeness (QED) is 0.190. The van der Waals surface area contributed by atoms with Crippen LogP contribution in [0.1, 0.15) is 29.2 Å². The first-order chi connectivity index (χ1) is 20.0. The molecule has 5 rings (SSSR count). The predicted octanol–water partition coefficient (Wildman–Crippen LogP) is 5.18. The molecule has 0 radical (unpaired) electrons. The Balaban J connectivity index is 1.47. The largest absolute Gasteiger partial charge is 0.507 e. The van der Waals surface area contributed by atoms with Gasteiger partial charge in [-0.3, -0.25) is 14.5 Å². The molecule has 2 fully saturated rings. The normalized spacial score (nSPS) is 19.0. The molecule has 0 bridgehead atoms. The van der Waals surface area contributed by atoms with E-state index in [1.807, 2.05) is 36.4 Å². The zero-order chi connectivity index (χ0) is 28.8. The molecule has 1 N–H and O–H groups in total. The second-order valence-corrected chi connectivity index (χ2v) is 10.9. The van der Waals surface area contributed by atoms with Crippen molar-refractivity contribution in [2.45, 2.75) is 19.1 Å². The van der Waals surface area contributed by atoms with E-state index in [0.717, 1.165) is 29.7 Å². The molecule has 2 aliphatic rings. The number of nitrogens with zero attached hydrogens (tertiary/aromatic N) is 2. The highest BCUT2D eigenvalue weighted by Gasteiger charge is 2.46. The number of hydrogen-bond acceptors (Lipinski definition) is 7. The van der Waals surface area contributed by atoms with E-state index in [0.29, 0.717) is 55.4 Å². The minimum absolute atomic E-state index is 0.0590. The second-order valence-electron chi connectivity index (χ2n) is 9.99. The minimum atomic E-state index is -0.777. The van der Waals surface area contributed by atoms with E-state index in [1.54, 1.807) is 48.4 Å². The summed E-state index contributed by atoms with van der Waals surface area (Å²) in [5.74, 6) is -0.526. The van der Waals surface area contributed by atoms with Gasteiger partial charge in [0.1, 0.15) is 12.4 Å². The molecule has 8 nitrogen and oxygen atoms in total. The van der Waals surface area contributed by atoms with Crippen molar-refractivity contribution >= 4 is 33.4 Å². The second kappa shape index (κ2) is 13.3. The van der Waals surface area contributed by atoms with Gasteiger partial charge >= 0.3 is 0 Å². The highest BCUT2D eigenvalue weighted by Crippen LogP contribution is 2.42. The number of carbonyl (C=O) groups is 2. The molecule has 2 heterocycles. The molecular formula is C32H33BrN2O6. The predicted molar refractivity (Wildman–Crippen MR) is 159 cm³/mol. The van der Waals surface area contributed by atoms with Crippen molar-refractivity contribution in [3.05, 3.63) is 99.5 Å². The molecule has 3 aromatic rings. The van der Waals surface area contributed by atoms with E-state index in [2.05, 4.69) is 20.8 Å². The van der Waals surface area contributed by atoms with Gasteiger partial charge in [-0.15, -0.1) is 0 Å². The number of Topliss-reactive ketones (excluding diaryl/α,β-unsaturated/α-hetero) is 1. The molecule has 0 saturated carbocycles. The lowest BCUT2D eigenvalue weighted by molar-refractivity contribution is -0.140. The van der Waals surface area contributed by atoms with E-state index in [-0.39, 0.29) is 11.3 Å². The molecule has 2 aliphatic heterocycles. The number of methoxy groups -OCH3 is 1. The van der Waals surface area contributed by atoms with Gasteiger partial charge in [0.15, 0.2) is 11.5 Å². The summed E-state index contributed by atoms with van der Waals surface area (Å²) in [7, 11) is 1.55. The molecule has 0 spiro atoms. The van der Waals surface area contributed by atoms with Crippen LogP contribution in [0.15, 0.2) is 82.8 Å².